The average Bonchev–Trinajstić information content (AvgIpc) is 2.93. The second-order valence-electron chi connectivity index (χ2n) is 14.4. The van der Waals surface area contributed by atoms with E-state index in [2.05, 4.69) is 69.0 Å². The van der Waals surface area contributed by atoms with Crippen molar-refractivity contribution in [2.75, 3.05) is 7.11 Å². The van der Waals surface area contributed by atoms with E-state index in [0.29, 0.717) is 0 Å². The van der Waals surface area contributed by atoms with Crippen LogP contribution in [0.4, 0.5) is 4.79 Å². The van der Waals surface area contributed by atoms with Gasteiger partial charge in [0.05, 0.1) is 18.9 Å². The molecule has 1 atom stereocenters. The van der Waals surface area contributed by atoms with Crippen LogP contribution in [-0.4, -0.2) is 40.9 Å². The Balaban J connectivity index is 1.18. The zero-order valence-corrected chi connectivity index (χ0v) is 25.7. The molecule has 41 heavy (non-hydrogen) atoms. The van der Waals surface area contributed by atoms with Gasteiger partial charge in [0.2, 0.25) is 0 Å². The van der Waals surface area contributed by atoms with Crippen LogP contribution < -0.4 is 4.74 Å². The maximum atomic E-state index is 13.8. The van der Waals surface area contributed by atoms with Gasteiger partial charge in [-0.1, -0.05) is 44.0 Å². The van der Waals surface area contributed by atoms with Gasteiger partial charge in [-0.25, -0.2) is 4.79 Å². The molecule has 4 saturated carbocycles. The van der Waals surface area contributed by atoms with E-state index in [1.807, 2.05) is 6.07 Å². The minimum absolute atomic E-state index is 0.0303. The molecule has 0 aromatic heterocycles. The monoisotopic (exact) mass is 556 g/mol. The van der Waals surface area contributed by atoms with Gasteiger partial charge in [-0.05, 0) is 119 Å². The molecule has 1 aliphatic heterocycles. The van der Waals surface area contributed by atoms with Gasteiger partial charge in [0.1, 0.15) is 12.4 Å². The Morgan fingerprint density at radius 3 is 2.24 bits per heavy atom. The van der Waals surface area contributed by atoms with Crippen molar-refractivity contribution in [3.8, 4) is 5.75 Å². The summed E-state index contributed by atoms with van der Waals surface area (Å²) in [6, 6.07) is 15.1. The lowest BCUT2D eigenvalue weighted by Crippen LogP contribution is -2.66. The number of fused-ring (bicyclic) bond motifs is 1. The molecule has 5 nitrogen and oxygen atoms in total. The molecule has 0 radical (unpaired) electrons. The molecule has 5 aliphatic rings. The average molecular weight is 557 g/mol. The summed E-state index contributed by atoms with van der Waals surface area (Å²) >= 11 is 0. The summed E-state index contributed by atoms with van der Waals surface area (Å²) in [4.78, 5) is 21.1. The van der Waals surface area contributed by atoms with Gasteiger partial charge in [-0.15, -0.1) is 0 Å². The second kappa shape index (κ2) is 11.1. The Morgan fingerprint density at radius 2 is 1.66 bits per heavy atom. The number of ether oxygens (including phenoxy) is 2. The standard InChI is InChI=1S/C36H48N2O3/c1-6-7-8-30-18-29-19-31(40-5)13-14-32(29)33(37-30)28-11-9-24(10-12-28)23-41-34(39)38(35(2,3)4)36-20-25-15-26(21-36)17-27(16-25)22-36/h9-14,19,25-27,30H,6-8,15-18,20-23H2,1-5H3/t25?,26?,27?,30-,36?/m0/s1. The summed E-state index contributed by atoms with van der Waals surface area (Å²) in [6.07, 6.45) is 11.8. The summed E-state index contributed by atoms with van der Waals surface area (Å²) in [5.41, 5.74) is 5.37. The number of unbranched alkanes of at least 4 members (excludes halogenated alkanes) is 1. The Labute approximate surface area is 246 Å². The van der Waals surface area contributed by atoms with Crippen molar-refractivity contribution in [3.63, 3.8) is 0 Å². The normalized spacial score (nSPS) is 28.2. The van der Waals surface area contributed by atoms with E-state index >= 15 is 0 Å². The first kappa shape index (κ1) is 28.3. The first-order chi connectivity index (χ1) is 19.7. The van der Waals surface area contributed by atoms with Crippen LogP contribution in [0.15, 0.2) is 47.5 Å². The van der Waals surface area contributed by atoms with E-state index in [1.165, 1.54) is 43.2 Å². The molecule has 1 amide bonds. The molecule has 0 saturated heterocycles. The first-order valence-electron chi connectivity index (χ1n) is 16.0. The van der Waals surface area contributed by atoms with E-state index in [1.54, 1.807) is 7.11 Å². The number of amides is 1. The van der Waals surface area contributed by atoms with Gasteiger partial charge >= 0.3 is 6.09 Å². The lowest BCUT2D eigenvalue weighted by atomic mass is 9.52. The Morgan fingerprint density at radius 1 is 1.00 bits per heavy atom. The predicted octanol–water partition coefficient (Wildman–Crippen LogP) is 8.35. The molecular formula is C36H48N2O3. The van der Waals surface area contributed by atoms with Crippen LogP contribution in [0.25, 0.3) is 0 Å². The van der Waals surface area contributed by atoms with Crippen LogP contribution in [-0.2, 0) is 17.8 Å². The van der Waals surface area contributed by atoms with Crippen molar-refractivity contribution in [1.29, 1.82) is 0 Å². The summed E-state index contributed by atoms with van der Waals surface area (Å²) in [7, 11) is 1.73. The Hall–Kier alpha value is -2.82. The summed E-state index contributed by atoms with van der Waals surface area (Å²) in [5, 5.41) is 0. The number of aliphatic imine (C=N–C) groups is 1. The van der Waals surface area contributed by atoms with Crippen molar-refractivity contribution in [2.24, 2.45) is 22.7 Å². The maximum Gasteiger partial charge on any atom is 0.411 e. The van der Waals surface area contributed by atoms with Crippen LogP contribution in [0.1, 0.15) is 108 Å². The van der Waals surface area contributed by atoms with Crippen LogP contribution in [0.5, 0.6) is 5.75 Å². The maximum absolute atomic E-state index is 13.8. The third kappa shape index (κ3) is 5.66. The SMILES string of the molecule is CCCC[C@H]1Cc2cc(OC)ccc2C(c2ccc(COC(=O)N(C(C)(C)C)C34CC5CC(CC(C5)C3)C4)cc2)=N1. The fourth-order valence-electron chi connectivity index (χ4n) is 8.97. The van der Waals surface area contributed by atoms with E-state index < -0.39 is 0 Å². The smallest absolute Gasteiger partial charge is 0.411 e. The van der Waals surface area contributed by atoms with Crippen molar-refractivity contribution in [1.82, 2.24) is 4.90 Å². The molecule has 2 aromatic carbocycles. The minimum Gasteiger partial charge on any atom is -0.497 e. The molecule has 1 heterocycles. The van der Waals surface area contributed by atoms with Crippen LogP contribution >= 0.6 is 0 Å². The van der Waals surface area contributed by atoms with Gasteiger partial charge in [-0.3, -0.25) is 9.89 Å². The van der Waals surface area contributed by atoms with Gasteiger partial charge < -0.3 is 9.47 Å². The number of hydrogen-bond acceptors (Lipinski definition) is 4. The highest BCUT2D eigenvalue weighted by Gasteiger charge is 2.57. The highest BCUT2D eigenvalue weighted by molar-refractivity contribution is 6.14. The number of hydrogen-bond donors (Lipinski definition) is 0. The first-order valence-corrected chi connectivity index (χ1v) is 16.0. The van der Waals surface area contributed by atoms with Gasteiger partial charge in [0, 0.05) is 22.2 Å². The van der Waals surface area contributed by atoms with Crippen molar-refractivity contribution < 1.29 is 14.3 Å². The van der Waals surface area contributed by atoms with Gasteiger partial charge in [-0.2, -0.15) is 0 Å². The minimum atomic E-state index is -0.268. The summed E-state index contributed by atoms with van der Waals surface area (Å²) < 4.78 is 11.6. The third-order valence-electron chi connectivity index (χ3n) is 10.1. The molecule has 4 fully saturated rings. The quantitative estimate of drug-likeness (QED) is 0.328. The molecule has 4 bridgehead atoms. The summed E-state index contributed by atoms with van der Waals surface area (Å²) in [6.45, 7) is 9.05. The molecule has 220 valence electrons. The van der Waals surface area contributed by atoms with E-state index in [9.17, 15) is 4.79 Å². The van der Waals surface area contributed by atoms with Gasteiger partial charge in [0.15, 0.2) is 0 Å². The van der Waals surface area contributed by atoms with E-state index in [0.717, 1.165) is 72.4 Å². The molecule has 2 aromatic rings. The zero-order valence-electron chi connectivity index (χ0n) is 25.7. The number of methoxy groups -OCH3 is 1. The highest BCUT2D eigenvalue weighted by atomic mass is 16.6. The second-order valence-corrected chi connectivity index (χ2v) is 14.4. The highest BCUT2D eigenvalue weighted by Crippen LogP contribution is 2.59. The zero-order chi connectivity index (χ0) is 28.8. The largest absolute Gasteiger partial charge is 0.497 e. The fraction of sp³-hybridized carbons (Fsp3) is 0.611. The molecule has 5 heteroatoms. The fourth-order valence-corrected chi connectivity index (χ4v) is 8.97. The summed E-state index contributed by atoms with van der Waals surface area (Å²) in [5.74, 6) is 3.24. The molecule has 0 N–H and O–H groups in total. The molecule has 0 spiro atoms. The number of benzene rings is 2. The molecule has 4 aliphatic carbocycles. The lowest BCUT2D eigenvalue weighted by molar-refractivity contribution is -0.109. The number of rotatable bonds is 8. The van der Waals surface area contributed by atoms with Crippen molar-refractivity contribution >= 4 is 11.8 Å². The van der Waals surface area contributed by atoms with Gasteiger partial charge in [0.25, 0.3) is 0 Å². The number of nitrogens with zero attached hydrogens (tertiary/aromatic N) is 2. The molecule has 0 unspecified atom stereocenters. The van der Waals surface area contributed by atoms with Crippen molar-refractivity contribution in [3.05, 3.63) is 64.7 Å². The predicted molar refractivity (Wildman–Crippen MR) is 165 cm³/mol. The lowest BCUT2D eigenvalue weighted by Gasteiger charge is -2.62. The Kier molecular flexibility index (Phi) is 7.67. The topological polar surface area (TPSA) is 51.1 Å². The van der Waals surface area contributed by atoms with Crippen LogP contribution in [0.2, 0.25) is 0 Å². The van der Waals surface area contributed by atoms with E-state index in [4.69, 9.17) is 14.5 Å². The Bertz CT molecular complexity index is 1250. The molecule has 7 rings (SSSR count). The third-order valence-corrected chi connectivity index (χ3v) is 10.1. The van der Waals surface area contributed by atoms with E-state index in [-0.39, 0.29) is 29.8 Å². The number of carbonyl (C=O) groups is 1. The number of carbonyl (C=O) groups excluding carboxylic acids is 1. The van der Waals surface area contributed by atoms with Crippen LogP contribution in [0.3, 0.4) is 0 Å². The van der Waals surface area contributed by atoms with Crippen molar-refractivity contribution in [2.45, 2.75) is 116 Å². The van der Waals surface area contributed by atoms with Crippen LogP contribution in [0, 0.1) is 17.8 Å². The molecular weight excluding hydrogens is 508 g/mol.